The lowest BCUT2D eigenvalue weighted by molar-refractivity contribution is 0.0701. The van der Waals surface area contributed by atoms with Gasteiger partial charge in [0.2, 0.25) is 0 Å². The van der Waals surface area contributed by atoms with Gasteiger partial charge in [-0.1, -0.05) is 38.1 Å². The number of carbonyl (C=O) groups is 1. The maximum atomic E-state index is 13.3. The van der Waals surface area contributed by atoms with Crippen molar-refractivity contribution in [3.63, 3.8) is 0 Å². The van der Waals surface area contributed by atoms with Gasteiger partial charge in [-0.25, -0.2) is 0 Å². The Morgan fingerprint density at radius 3 is 2.77 bits per heavy atom. The van der Waals surface area contributed by atoms with Gasteiger partial charge in [0, 0.05) is 43.8 Å². The topological polar surface area (TPSA) is 36.4 Å². The second-order valence-corrected chi connectivity index (χ2v) is 8.24. The third kappa shape index (κ3) is 3.61. The number of hydrogen-bond donors (Lipinski definition) is 0. The molecule has 2 heterocycles. The largest absolute Gasteiger partial charge is 0.336 e. The standard InChI is InChI=1S/C22H29N3O/c1-16(2)20-15-25(13-5-12-24(20)14-17-8-9-17)22(26)21-19-7-4-3-6-18(19)10-11-23-21/h3-4,6-7,10-11,16-17,20H,5,8-9,12-15H2,1-2H3/t20-/m1/s1. The Bertz CT molecular complexity index is 779. The maximum absolute atomic E-state index is 13.3. The quantitative estimate of drug-likeness (QED) is 0.840. The van der Waals surface area contributed by atoms with Gasteiger partial charge in [0.15, 0.2) is 0 Å². The molecule has 1 aliphatic carbocycles. The van der Waals surface area contributed by atoms with Crippen LogP contribution in [0.3, 0.4) is 0 Å². The average Bonchev–Trinajstić information content (AvgIpc) is 3.48. The van der Waals surface area contributed by atoms with Crippen LogP contribution in [0.5, 0.6) is 0 Å². The van der Waals surface area contributed by atoms with Crippen LogP contribution in [0.15, 0.2) is 36.5 Å². The summed E-state index contributed by atoms with van der Waals surface area (Å²) in [4.78, 5) is 22.5. The van der Waals surface area contributed by atoms with Crippen molar-refractivity contribution in [1.29, 1.82) is 0 Å². The highest BCUT2D eigenvalue weighted by Crippen LogP contribution is 2.32. The fourth-order valence-corrected chi connectivity index (χ4v) is 4.18. The predicted molar refractivity (Wildman–Crippen MR) is 105 cm³/mol. The SMILES string of the molecule is CC(C)[C@H]1CN(C(=O)c2nccc3ccccc23)CCCN1CC1CC1. The first-order valence-corrected chi connectivity index (χ1v) is 10.0. The molecule has 26 heavy (non-hydrogen) atoms. The lowest BCUT2D eigenvalue weighted by atomic mass is 10.0. The van der Waals surface area contributed by atoms with Gasteiger partial charge in [-0.15, -0.1) is 0 Å². The zero-order valence-electron chi connectivity index (χ0n) is 15.9. The monoisotopic (exact) mass is 351 g/mol. The summed E-state index contributed by atoms with van der Waals surface area (Å²) in [7, 11) is 0. The van der Waals surface area contributed by atoms with Crippen LogP contribution in [-0.4, -0.2) is 52.9 Å². The van der Waals surface area contributed by atoms with Crippen molar-refractivity contribution in [2.45, 2.75) is 39.2 Å². The van der Waals surface area contributed by atoms with E-state index >= 15 is 0 Å². The summed E-state index contributed by atoms with van der Waals surface area (Å²) in [6.45, 7) is 8.52. The molecule has 0 spiro atoms. The third-order valence-electron chi connectivity index (χ3n) is 5.87. The van der Waals surface area contributed by atoms with E-state index in [1.165, 1.54) is 19.4 Å². The van der Waals surface area contributed by atoms with Gasteiger partial charge in [-0.3, -0.25) is 14.7 Å². The molecule has 1 aromatic heterocycles. The summed E-state index contributed by atoms with van der Waals surface area (Å²) < 4.78 is 0. The minimum absolute atomic E-state index is 0.0840. The highest BCUT2D eigenvalue weighted by Gasteiger charge is 2.34. The molecule has 1 saturated heterocycles. The number of aromatic nitrogens is 1. The predicted octanol–water partition coefficient (Wildman–Crippen LogP) is 3.82. The third-order valence-corrected chi connectivity index (χ3v) is 5.87. The van der Waals surface area contributed by atoms with Gasteiger partial charge in [0.05, 0.1) is 0 Å². The fourth-order valence-electron chi connectivity index (χ4n) is 4.18. The zero-order chi connectivity index (χ0) is 18.1. The smallest absolute Gasteiger partial charge is 0.273 e. The number of hydrogen-bond acceptors (Lipinski definition) is 3. The molecule has 138 valence electrons. The van der Waals surface area contributed by atoms with Crippen molar-refractivity contribution < 1.29 is 4.79 Å². The maximum Gasteiger partial charge on any atom is 0.273 e. The number of amides is 1. The van der Waals surface area contributed by atoms with Crippen molar-refractivity contribution in [2.24, 2.45) is 11.8 Å². The molecule has 1 amide bonds. The minimum atomic E-state index is 0.0840. The Labute approximate surface area is 156 Å². The number of fused-ring (bicyclic) bond motifs is 1. The van der Waals surface area contributed by atoms with Crippen LogP contribution in [0.25, 0.3) is 10.8 Å². The van der Waals surface area contributed by atoms with Gasteiger partial charge in [-0.2, -0.15) is 0 Å². The van der Waals surface area contributed by atoms with E-state index in [1.807, 2.05) is 35.2 Å². The normalized spacial score (nSPS) is 22.0. The summed E-state index contributed by atoms with van der Waals surface area (Å²) in [5, 5.41) is 2.04. The summed E-state index contributed by atoms with van der Waals surface area (Å²) in [5.74, 6) is 1.52. The highest BCUT2D eigenvalue weighted by molar-refractivity contribution is 6.05. The molecule has 4 nitrogen and oxygen atoms in total. The Kier molecular flexibility index (Phi) is 4.94. The molecule has 2 fully saturated rings. The highest BCUT2D eigenvalue weighted by atomic mass is 16.2. The lowest BCUT2D eigenvalue weighted by Gasteiger charge is -2.34. The van der Waals surface area contributed by atoms with E-state index < -0.39 is 0 Å². The van der Waals surface area contributed by atoms with E-state index in [4.69, 9.17) is 0 Å². The number of benzene rings is 1. The zero-order valence-corrected chi connectivity index (χ0v) is 15.9. The van der Waals surface area contributed by atoms with E-state index in [1.54, 1.807) is 6.20 Å². The van der Waals surface area contributed by atoms with Crippen LogP contribution >= 0.6 is 0 Å². The number of pyridine rings is 1. The molecule has 4 heteroatoms. The molecule has 1 saturated carbocycles. The van der Waals surface area contributed by atoms with Crippen LogP contribution in [0.1, 0.15) is 43.6 Å². The molecule has 1 atom stereocenters. The fraction of sp³-hybridized carbons (Fsp3) is 0.545. The molecule has 2 aromatic rings. The lowest BCUT2D eigenvalue weighted by Crippen LogP contribution is -2.46. The van der Waals surface area contributed by atoms with Crippen molar-refractivity contribution in [1.82, 2.24) is 14.8 Å². The molecule has 1 aromatic carbocycles. The van der Waals surface area contributed by atoms with Gasteiger partial charge in [-0.05, 0) is 42.6 Å². The Hall–Kier alpha value is -1.94. The van der Waals surface area contributed by atoms with Crippen LogP contribution < -0.4 is 0 Å². The molecule has 0 radical (unpaired) electrons. The Morgan fingerprint density at radius 1 is 1.19 bits per heavy atom. The van der Waals surface area contributed by atoms with Gasteiger partial charge in [0.25, 0.3) is 5.91 Å². The first kappa shape index (κ1) is 17.5. The summed E-state index contributed by atoms with van der Waals surface area (Å²) in [6.07, 6.45) is 5.56. The van der Waals surface area contributed by atoms with Crippen molar-refractivity contribution in [3.8, 4) is 0 Å². The molecular formula is C22H29N3O. The van der Waals surface area contributed by atoms with E-state index in [2.05, 4.69) is 23.7 Å². The van der Waals surface area contributed by atoms with Crippen LogP contribution in [0.2, 0.25) is 0 Å². The second-order valence-electron chi connectivity index (χ2n) is 8.24. The second kappa shape index (κ2) is 7.36. The van der Waals surface area contributed by atoms with Crippen LogP contribution in [-0.2, 0) is 0 Å². The molecular weight excluding hydrogens is 322 g/mol. The Morgan fingerprint density at radius 2 is 2.00 bits per heavy atom. The molecule has 4 rings (SSSR count). The minimum Gasteiger partial charge on any atom is -0.336 e. The Balaban J connectivity index is 1.58. The summed E-state index contributed by atoms with van der Waals surface area (Å²) in [5.41, 5.74) is 0.598. The molecule has 0 unspecified atom stereocenters. The molecule has 2 aliphatic rings. The number of carbonyl (C=O) groups excluding carboxylic acids is 1. The number of rotatable bonds is 4. The summed E-state index contributed by atoms with van der Waals surface area (Å²) in [6, 6.07) is 10.5. The van der Waals surface area contributed by atoms with E-state index in [0.717, 1.165) is 42.7 Å². The average molecular weight is 351 g/mol. The van der Waals surface area contributed by atoms with Crippen molar-refractivity contribution in [3.05, 3.63) is 42.2 Å². The number of nitrogens with zero attached hydrogens (tertiary/aromatic N) is 3. The van der Waals surface area contributed by atoms with Crippen molar-refractivity contribution in [2.75, 3.05) is 26.2 Å². The first-order valence-electron chi connectivity index (χ1n) is 10.0. The molecule has 0 N–H and O–H groups in total. The van der Waals surface area contributed by atoms with E-state index in [-0.39, 0.29) is 5.91 Å². The first-order chi connectivity index (χ1) is 12.6. The molecule has 1 aliphatic heterocycles. The van der Waals surface area contributed by atoms with Gasteiger partial charge in [0.1, 0.15) is 5.69 Å². The van der Waals surface area contributed by atoms with Crippen LogP contribution in [0, 0.1) is 11.8 Å². The van der Waals surface area contributed by atoms with Gasteiger partial charge < -0.3 is 4.90 Å². The van der Waals surface area contributed by atoms with Crippen LogP contribution in [0.4, 0.5) is 0 Å². The summed E-state index contributed by atoms with van der Waals surface area (Å²) >= 11 is 0. The molecule has 0 bridgehead atoms. The van der Waals surface area contributed by atoms with Crippen molar-refractivity contribution >= 4 is 16.7 Å². The van der Waals surface area contributed by atoms with E-state index in [9.17, 15) is 4.79 Å². The van der Waals surface area contributed by atoms with E-state index in [0.29, 0.717) is 17.7 Å². The van der Waals surface area contributed by atoms with Gasteiger partial charge >= 0.3 is 0 Å².